The zero-order chi connectivity index (χ0) is 13.7. The number of rotatable bonds is 4. The van der Waals surface area contributed by atoms with Crippen LogP contribution in [-0.2, 0) is 13.1 Å². The van der Waals surface area contributed by atoms with Crippen molar-refractivity contribution >= 4 is 17.3 Å². The lowest BCUT2D eigenvalue weighted by Gasteiger charge is -2.11. The molecular weight excluding hydrogens is 258 g/mol. The van der Waals surface area contributed by atoms with E-state index < -0.39 is 0 Å². The first-order valence-corrected chi connectivity index (χ1v) is 6.33. The molecule has 0 saturated carbocycles. The molecule has 0 aliphatic rings. The Hall–Kier alpha value is -2.02. The third kappa shape index (κ3) is 3.05. The Bertz CT molecular complexity index is 617. The van der Waals surface area contributed by atoms with Gasteiger partial charge >= 0.3 is 0 Å². The van der Waals surface area contributed by atoms with Gasteiger partial charge in [-0.05, 0) is 23.3 Å². The minimum absolute atomic E-state index is 0.458. The molecule has 3 nitrogen and oxygen atoms in total. The van der Waals surface area contributed by atoms with E-state index in [1.165, 1.54) is 0 Å². The maximum atomic E-state index is 9.10. The average molecular weight is 272 g/mol. The number of hydrogen-bond donors (Lipinski definition) is 2. The minimum Gasteiger partial charge on any atom is -0.380 e. The van der Waals surface area contributed by atoms with Crippen LogP contribution in [0.1, 0.15) is 16.7 Å². The lowest BCUT2D eigenvalue weighted by atomic mass is 10.1. The Morgan fingerprint density at radius 3 is 2.53 bits per heavy atom. The van der Waals surface area contributed by atoms with E-state index in [0.717, 1.165) is 16.8 Å². The summed E-state index contributed by atoms with van der Waals surface area (Å²) in [6, 6.07) is 15.4. The standard InChI is InChI=1S/C15H14ClN3/c16-14-6-3-7-15(13(14)9-18)19-10-12-5-2-1-4-11(12)8-17/h1-7,19H,8,10,17H2. The molecule has 0 fully saturated rings. The van der Waals surface area contributed by atoms with Gasteiger partial charge in [-0.25, -0.2) is 0 Å². The van der Waals surface area contributed by atoms with Gasteiger partial charge in [-0.2, -0.15) is 5.26 Å². The predicted octanol–water partition coefficient (Wildman–Crippen LogP) is 3.28. The fourth-order valence-electron chi connectivity index (χ4n) is 1.90. The molecule has 0 aromatic heterocycles. The van der Waals surface area contributed by atoms with Crippen LogP contribution in [0.2, 0.25) is 5.02 Å². The first kappa shape index (κ1) is 13.4. The predicted molar refractivity (Wildman–Crippen MR) is 77.8 cm³/mol. The van der Waals surface area contributed by atoms with Gasteiger partial charge in [0.25, 0.3) is 0 Å². The molecule has 0 amide bonds. The van der Waals surface area contributed by atoms with Crippen molar-refractivity contribution in [2.45, 2.75) is 13.1 Å². The van der Waals surface area contributed by atoms with Crippen molar-refractivity contribution in [3.8, 4) is 6.07 Å². The van der Waals surface area contributed by atoms with Crippen LogP contribution < -0.4 is 11.1 Å². The van der Waals surface area contributed by atoms with E-state index in [-0.39, 0.29) is 0 Å². The lowest BCUT2D eigenvalue weighted by molar-refractivity contribution is 1.01. The van der Waals surface area contributed by atoms with Gasteiger partial charge in [-0.15, -0.1) is 0 Å². The Balaban J connectivity index is 2.20. The van der Waals surface area contributed by atoms with Crippen LogP contribution >= 0.6 is 11.6 Å². The molecule has 0 bridgehead atoms. The third-order valence-corrected chi connectivity index (χ3v) is 3.25. The van der Waals surface area contributed by atoms with Crippen LogP contribution in [0, 0.1) is 11.3 Å². The van der Waals surface area contributed by atoms with Gasteiger partial charge < -0.3 is 11.1 Å². The van der Waals surface area contributed by atoms with Gasteiger partial charge in [0.2, 0.25) is 0 Å². The molecule has 0 atom stereocenters. The fourth-order valence-corrected chi connectivity index (χ4v) is 2.12. The summed E-state index contributed by atoms with van der Waals surface area (Å²) < 4.78 is 0. The van der Waals surface area contributed by atoms with Crippen LogP contribution in [0.15, 0.2) is 42.5 Å². The molecule has 4 heteroatoms. The Morgan fingerprint density at radius 1 is 1.11 bits per heavy atom. The first-order valence-electron chi connectivity index (χ1n) is 5.95. The maximum absolute atomic E-state index is 9.10. The van der Waals surface area contributed by atoms with Crippen LogP contribution in [0.5, 0.6) is 0 Å². The SMILES string of the molecule is N#Cc1c(Cl)cccc1NCc1ccccc1CN. The smallest absolute Gasteiger partial charge is 0.103 e. The van der Waals surface area contributed by atoms with Crippen molar-refractivity contribution in [3.63, 3.8) is 0 Å². The van der Waals surface area contributed by atoms with Crippen LogP contribution in [-0.4, -0.2) is 0 Å². The van der Waals surface area contributed by atoms with E-state index in [2.05, 4.69) is 11.4 Å². The van der Waals surface area contributed by atoms with Gasteiger partial charge in [0.05, 0.1) is 16.3 Å². The molecule has 2 aromatic carbocycles. The number of hydrogen-bond acceptors (Lipinski definition) is 3. The van der Waals surface area contributed by atoms with Gasteiger partial charge in [0.1, 0.15) is 6.07 Å². The summed E-state index contributed by atoms with van der Waals surface area (Å²) in [4.78, 5) is 0. The highest BCUT2D eigenvalue weighted by Gasteiger charge is 2.06. The first-order chi connectivity index (χ1) is 9.26. The number of nitriles is 1. The lowest BCUT2D eigenvalue weighted by Crippen LogP contribution is -2.07. The van der Waals surface area contributed by atoms with Crippen molar-refractivity contribution in [3.05, 3.63) is 64.2 Å². The van der Waals surface area contributed by atoms with Crippen molar-refractivity contribution in [1.82, 2.24) is 0 Å². The molecule has 0 saturated heterocycles. The highest BCUT2D eigenvalue weighted by atomic mass is 35.5. The summed E-state index contributed by atoms with van der Waals surface area (Å²) in [7, 11) is 0. The van der Waals surface area contributed by atoms with Gasteiger partial charge in [0, 0.05) is 13.1 Å². The van der Waals surface area contributed by atoms with Gasteiger partial charge in [0.15, 0.2) is 0 Å². The third-order valence-electron chi connectivity index (χ3n) is 2.93. The number of halogens is 1. The van der Waals surface area contributed by atoms with E-state index in [4.69, 9.17) is 22.6 Å². The van der Waals surface area contributed by atoms with Crippen LogP contribution in [0.25, 0.3) is 0 Å². The number of nitrogens with one attached hydrogen (secondary N) is 1. The average Bonchev–Trinajstić information content (AvgIpc) is 2.45. The number of nitrogens with zero attached hydrogens (tertiary/aromatic N) is 1. The quantitative estimate of drug-likeness (QED) is 0.897. The second-order valence-corrected chi connectivity index (χ2v) is 4.51. The molecule has 0 aliphatic heterocycles. The van der Waals surface area contributed by atoms with E-state index in [9.17, 15) is 0 Å². The van der Waals surface area contributed by atoms with E-state index in [0.29, 0.717) is 23.7 Å². The van der Waals surface area contributed by atoms with E-state index in [1.54, 1.807) is 6.07 Å². The van der Waals surface area contributed by atoms with E-state index >= 15 is 0 Å². The topological polar surface area (TPSA) is 61.8 Å². The zero-order valence-corrected chi connectivity index (χ0v) is 11.1. The van der Waals surface area contributed by atoms with Crippen molar-refractivity contribution < 1.29 is 0 Å². The molecule has 0 radical (unpaired) electrons. The fraction of sp³-hybridized carbons (Fsp3) is 0.133. The Kier molecular flexibility index (Phi) is 4.40. The van der Waals surface area contributed by atoms with Crippen molar-refractivity contribution in [2.24, 2.45) is 5.73 Å². The normalized spacial score (nSPS) is 9.95. The number of nitrogens with two attached hydrogens (primary N) is 1. The molecule has 19 heavy (non-hydrogen) atoms. The molecular formula is C15H14ClN3. The molecule has 96 valence electrons. The van der Waals surface area contributed by atoms with Gasteiger partial charge in [-0.3, -0.25) is 0 Å². The maximum Gasteiger partial charge on any atom is 0.103 e. The molecule has 0 heterocycles. The molecule has 3 N–H and O–H groups in total. The summed E-state index contributed by atoms with van der Waals surface area (Å²) in [5.74, 6) is 0. The second kappa shape index (κ2) is 6.24. The zero-order valence-electron chi connectivity index (χ0n) is 10.4. The summed E-state index contributed by atoms with van der Waals surface area (Å²) in [6.07, 6.45) is 0. The molecule has 0 spiro atoms. The Labute approximate surface area is 117 Å². The summed E-state index contributed by atoms with van der Waals surface area (Å²) in [6.45, 7) is 1.11. The largest absolute Gasteiger partial charge is 0.380 e. The van der Waals surface area contributed by atoms with Crippen molar-refractivity contribution in [1.29, 1.82) is 5.26 Å². The van der Waals surface area contributed by atoms with Crippen molar-refractivity contribution in [2.75, 3.05) is 5.32 Å². The minimum atomic E-state index is 0.458. The summed E-state index contributed by atoms with van der Waals surface area (Å²) in [5, 5.41) is 12.8. The van der Waals surface area contributed by atoms with E-state index in [1.807, 2.05) is 36.4 Å². The highest BCUT2D eigenvalue weighted by molar-refractivity contribution is 6.32. The summed E-state index contributed by atoms with van der Waals surface area (Å²) in [5.41, 5.74) is 9.12. The molecule has 0 unspecified atom stereocenters. The monoisotopic (exact) mass is 271 g/mol. The number of anilines is 1. The Morgan fingerprint density at radius 2 is 1.84 bits per heavy atom. The molecule has 2 aromatic rings. The second-order valence-electron chi connectivity index (χ2n) is 4.10. The van der Waals surface area contributed by atoms with Crippen LogP contribution in [0.3, 0.4) is 0 Å². The molecule has 2 rings (SSSR count). The van der Waals surface area contributed by atoms with Gasteiger partial charge in [-0.1, -0.05) is 41.9 Å². The van der Waals surface area contributed by atoms with Crippen LogP contribution in [0.4, 0.5) is 5.69 Å². The molecule has 0 aliphatic carbocycles. The summed E-state index contributed by atoms with van der Waals surface area (Å²) >= 11 is 5.99. The highest BCUT2D eigenvalue weighted by Crippen LogP contribution is 2.24. The number of benzene rings is 2.